The van der Waals surface area contributed by atoms with Gasteiger partial charge in [0.15, 0.2) is 12.4 Å². The number of carbonyl (C=O) groups excluding carboxylic acids is 2. The normalized spacial score (nSPS) is 10.7. The predicted octanol–water partition coefficient (Wildman–Crippen LogP) is 4.11. The molecule has 138 valence electrons. The predicted molar refractivity (Wildman–Crippen MR) is 89.9 cm³/mol. The molecule has 0 saturated heterocycles. The van der Waals surface area contributed by atoms with Crippen LogP contribution < -0.4 is 9.47 Å². The minimum Gasteiger partial charge on any atom is -0.485 e. The highest BCUT2D eigenvalue weighted by Gasteiger charge is 2.11. The van der Waals surface area contributed by atoms with Crippen LogP contribution in [0.4, 0.5) is 8.78 Å². The first kappa shape index (κ1) is 19.4. The van der Waals surface area contributed by atoms with Crippen molar-refractivity contribution in [3.63, 3.8) is 0 Å². The zero-order valence-electron chi connectivity index (χ0n) is 14.3. The van der Waals surface area contributed by atoms with Crippen molar-refractivity contribution in [2.45, 2.75) is 26.6 Å². The summed E-state index contributed by atoms with van der Waals surface area (Å²) < 4.78 is 38.9. The summed E-state index contributed by atoms with van der Waals surface area (Å²) >= 11 is 0. The molecule has 2 rings (SSSR count). The van der Waals surface area contributed by atoms with E-state index in [1.54, 1.807) is 38.1 Å². The van der Waals surface area contributed by atoms with Crippen LogP contribution >= 0.6 is 0 Å². The maximum absolute atomic E-state index is 12.1. The van der Waals surface area contributed by atoms with Crippen LogP contribution in [0.25, 0.3) is 0 Å². The molecule has 0 atom stereocenters. The molecule has 2 aromatic rings. The lowest BCUT2D eigenvalue weighted by Crippen LogP contribution is -2.13. The van der Waals surface area contributed by atoms with Gasteiger partial charge in [-0.3, -0.25) is 4.79 Å². The van der Waals surface area contributed by atoms with E-state index in [0.717, 1.165) is 0 Å². The molecule has 0 aliphatic carbocycles. The minimum atomic E-state index is -2.92. The number of hydrogen-bond donors (Lipinski definition) is 0. The molecule has 0 unspecified atom stereocenters. The van der Waals surface area contributed by atoms with Gasteiger partial charge in [0.2, 0.25) is 0 Å². The van der Waals surface area contributed by atoms with Crippen LogP contribution in [0.1, 0.15) is 34.6 Å². The quantitative estimate of drug-likeness (QED) is 0.521. The number of carbonyl (C=O) groups is 2. The monoisotopic (exact) mass is 364 g/mol. The van der Waals surface area contributed by atoms with E-state index in [0.29, 0.717) is 16.9 Å². The van der Waals surface area contributed by atoms with E-state index in [1.165, 1.54) is 24.3 Å². The van der Waals surface area contributed by atoms with Crippen LogP contribution in [-0.4, -0.2) is 31.1 Å². The molecule has 0 heterocycles. The first-order valence-corrected chi connectivity index (χ1v) is 7.87. The molecule has 0 aliphatic heterocycles. The van der Waals surface area contributed by atoms with Gasteiger partial charge in [0.25, 0.3) is 0 Å². The van der Waals surface area contributed by atoms with Crippen LogP contribution in [0.5, 0.6) is 11.5 Å². The average Bonchev–Trinajstić information content (AvgIpc) is 2.59. The molecule has 0 N–H and O–H groups in total. The van der Waals surface area contributed by atoms with Crippen LogP contribution in [0, 0.1) is 0 Å². The Kier molecular flexibility index (Phi) is 6.66. The number of hydrogen-bond acceptors (Lipinski definition) is 5. The maximum Gasteiger partial charge on any atom is 0.387 e. The Morgan fingerprint density at radius 1 is 0.885 bits per heavy atom. The molecule has 5 nitrogen and oxygen atoms in total. The zero-order valence-corrected chi connectivity index (χ0v) is 14.3. The zero-order chi connectivity index (χ0) is 19.1. The lowest BCUT2D eigenvalue weighted by Gasteiger charge is -2.09. The summed E-state index contributed by atoms with van der Waals surface area (Å²) in [5, 5.41) is 0. The molecular formula is C19H18F2O5. The smallest absolute Gasteiger partial charge is 0.387 e. The van der Waals surface area contributed by atoms with Crippen molar-refractivity contribution in [3.05, 3.63) is 59.7 Å². The van der Waals surface area contributed by atoms with Gasteiger partial charge >= 0.3 is 12.6 Å². The number of alkyl halides is 2. The van der Waals surface area contributed by atoms with Gasteiger partial charge in [-0.05, 0) is 62.4 Å². The van der Waals surface area contributed by atoms with Gasteiger partial charge in [0, 0.05) is 5.56 Å². The Hall–Kier alpha value is -2.96. The molecule has 0 saturated carbocycles. The summed E-state index contributed by atoms with van der Waals surface area (Å²) in [4.78, 5) is 23.8. The van der Waals surface area contributed by atoms with Gasteiger partial charge in [0.05, 0.1) is 11.7 Å². The van der Waals surface area contributed by atoms with Crippen molar-refractivity contribution in [1.29, 1.82) is 0 Å². The van der Waals surface area contributed by atoms with E-state index in [9.17, 15) is 18.4 Å². The number of Topliss-reactive ketones (excluding diaryl/α,β-unsaturated/α-hetero) is 1. The Bertz CT molecular complexity index is 740. The molecule has 0 aliphatic rings. The number of halogens is 2. The molecule has 7 heteroatoms. The van der Waals surface area contributed by atoms with Crippen LogP contribution in [0.15, 0.2) is 48.5 Å². The molecule has 0 aromatic heterocycles. The first-order valence-electron chi connectivity index (χ1n) is 7.87. The lowest BCUT2D eigenvalue weighted by atomic mass is 10.1. The molecule has 0 amide bonds. The second-order valence-corrected chi connectivity index (χ2v) is 5.59. The molecule has 0 fully saturated rings. The molecular weight excluding hydrogens is 346 g/mol. The highest BCUT2D eigenvalue weighted by molar-refractivity contribution is 5.97. The van der Waals surface area contributed by atoms with E-state index in [2.05, 4.69) is 4.74 Å². The Morgan fingerprint density at radius 2 is 1.42 bits per heavy atom. The number of rotatable bonds is 8. The lowest BCUT2D eigenvalue weighted by molar-refractivity contribution is -0.0498. The van der Waals surface area contributed by atoms with E-state index in [4.69, 9.17) is 9.47 Å². The average molecular weight is 364 g/mol. The number of ether oxygens (including phenoxy) is 3. The van der Waals surface area contributed by atoms with Crippen LogP contribution in [0.2, 0.25) is 0 Å². The van der Waals surface area contributed by atoms with Gasteiger partial charge in [-0.1, -0.05) is 0 Å². The highest BCUT2D eigenvalue weighted by atomic mass is 19.3. The van der Waals surface area contributed by atoms with Gasteiger partial charge < -0.3 is 14.2 Å². The van der Waals surface area contributed by atoms with Crippen molar-refractivity contribution in [3.8, 4) is 11.5 Å². The van der Waals surface area contributed by atoms with Crippen molar-refractivity contribution >= 4 is 11.8 Å². The molecule has 0 spiro atoms. The Balaban J connectivity index is 1.89. The summed E-state index contributed by atoms with van der Waals surface area (Å²) in [6.45, 7) is 0.367. The first-order chi connectivity index (χ1) is 12.3. The Morgan fingerprint density at radius 3 is 1.96 bits per heavy atom. The van der Waals surface area contributed by atoms with Crippen molar-refractivity contribution < 1.29 is 32.6 Å². The number of ketones is 1. The van der Waals surface area contributed by atoms with Crippen molar-refractivity contribution in [1.82, 2.24) is 0 Å². The Labute approximate surface area is 149 Å². The van der Waals surface area contributed by atoms with E-state index in [1.807, 2.05) is 0 Å². The van der Waals surface area contributed by atoms with Crippen LogP contribution in [-0.2, 0) is 4.74 Å². The van der Waals surface area contributed by atoms with E-state index >= 15 is 0 Å². The number of esters is 1. The fourth-order valence-electron chi connectivity index (χ4n) is 2.02. The largest absolute Gasteiger partial charge is 0.485 e. The summed E-state index contributed by atoms with van der Waals surface area (Å²) in [6, 6.07) is 11.5. The summed E-state index contributed by atoms with van der Waals surface area (Å²) in [5.41, 5.74) is 0.691. The molecule has 26 heavy (non-hydrogen) atoms. The fourth-order valence-corrected chi connectivity index (χ4v) is 2.02. The third-order valence-electron chi connectivity index (χ3n) is 3.20. The van der Waals surface area contributed by atoms with Gasteiger partial charge in [0.1, 0.15) is 11.5 Å². The highest BCUT2D eigenvalue weighted by Crippen LogP contribution is 2.17. The maximum atomic E-state index is 12.1. The molecule has 0 bridgehead atoms. The SMILES string of the molecule is CC(C)OC(=O)c1ccc(OCC(=O)c2ccc(OC(F)F)cc2)cc1. The fraction of sp³-hybridized carbons (Fsp3) is 0.263. The van der Waals surface area contributed by atoms with Crippen LogP contribution in [0.3, 0.4) is 0 Å². The molecule has 0 radical (unpaired) electrons. The second-order valence-electron chi connectivity index (χ2n) is 5.59. The molecule has 2 aromatic carbocycles. The van der Waals surface area contributed by atoms with E-state index in [-0.39, 0.29) is 24.2 Å². The topological polar surface area (TPSA) is 61.8 Å². The third kappa shape index (κ3) is 5.84. The third-order valence-corrected chi connectivity index (χ3v) is 3.20. The number of benzene rings is 2. The van der Waals surface area contributed by atoms with Gasteiger partial charge in [-0.25, -0.2) is 4.79 Å². The second kappa shape index (κ2) is 8.94. The summed E-state index contributed by atoms with van der Waals surface area (Å²) in [6.07, 6.45) is -0.214. The summed E-state index contributed by atoms with van der Waals surface area (Å²) in [5.74, 6) is -0.371. The summed E-state index contributed by atoms with van der Waals surface area (Å²) in [7, 11) is 0. The van der Waals surface area contributed by atoms with Gasteiger partial charge in [-0.15, -0.1) is 0 Å². The van der Waals surface area contributed by atoms with Crippen molar-refractivity contribution in [2.75, 3.05) is 6.61 Å². The van der Waals surface area contributed by atoms with E-state index < -0.39 is 12.6 Å². The standard InChI is InChI=1S/C19H18F2O5/c1-12(2)25-18(23)14-5-7-15(8-6-14)24-11-17(22)13-3-9-16(10-4-13)26-19(20)21/h3-10,12,19H,11H2,1-2H3. The minimum absolute atomic E-state index is 0.0265. The van der Waals surface area contributed by atoms with Crippen molar-refractivity contribution in [2.24, 2.45) is 0 Å². The van der Waals surface area contributed by atoms with Gasteiger partial charge in [-0.2, -0.15) is 8.78 Å².